The fourth-order valence-corrected chi connectivity index (χ4v) is 2.59. The van der Waals surface area contributed by atoms with Gasteiger partial charge in [-0.2, -0.15) is 0 Å². The van der Waals surface area contributed by atoms with Gasteiger partial charge >= 0.3 is 0 Å². The minimum absolute atomic E-state index is 0.00763. The predicted molar refractivity (Wildman–Crippen MR) is 80.9 cm³/mol. The molecule has 0 spiro atoms. The summed E-state index contributed by atoms with van der Waals surface area (Å²) >= 11 is 5.64. The molecule has 0 aliphatic carbocycles. The number of amides is 2. The molecule has 6 nitrogen and oxygen atoms in total. The minimum Gasteiger partial charge on any atom is -0.448 e. The Morgan fingerprint density at radius 3 is 2.96 bits per heavy atom. The molecule has 0 bridgehead atoms. The van der Waals surface area contributed by atoms with Crippen LogP contribution in [0.15, 0.2) is 29.0 Å². The first-order valence-electron chi connectivity index (χ1n) is 6.94. The van der Waals surface area contributed by atoms with Gasteiger partial charge in [-0.3, -0.25) is 9.59 Å². The Kier molecular flexibility index (Phi) is 4.04. The van der Waals surface area contributed by atoms with Crippen LogP contribution in [0.3, 0.4) is 0 Å². The summed E-state index contributed by atoms with van der Waals surface area (Å²) in [5.41, 5.74) is 0.556. The summed E-state index contributed by atoms with van der Waals surface area (Å²) in [7, 11) is 0. The van der Waals surface area contributed by atoms with E-state index in [1.807, 2.05) is 0 Å². The molecule has 1 aromatic carbocycles. The van der Waals surface area contributed by atoms with Gasteiger partial charge in [0.2, 0.25) is 5.91 Å². The van der Waals surface area contributed by atoms with Crippen molar-refractivity contribution in [2.24, 2.45) is 0 Å². The number of anilines is 1. The summed E-state index contributed by atoms with van der Waals surface area (Å²) < 4.78 is 18.5. The number of halogens is 2. The van der Waals surface area contributed by atoms with Crippen LogP contribution in [-0.4, -0.2) is 29.4 Å². The van der Waals surface area contributed by atoms with E-state index < -0.39 is 17.8 Å². The molecule has 1 aliphatic heterocycles. The number of carbonyl (C=O) groups is 2. The van der Waals surface area contributed by atoms with Gasteiger partial charge in [0.1, 0.15) is 17.6 Å². The van der Waals surface area contributed by atoms with Crippen molar-refractivity contribution in [1.82, 2.24) is 10.3 Å². The van der Waals surface area contributed by atoms with Crippen molar-refractivity contribution in [1.29, 1.82) is 0 Å². The Hall–Kier alpha value is -2.41. The van der Waals surface area contributed by atoms with Gasteiger partial charge in [-0.25, -0.2) is 9.37 Å². The summed E-state index contributed by atoms with van der Waals surface area (Å²) in [6.45, 7) is 1.99. The number of hydrogen-bond donors (Lipinski definition) is 1. The Labute approximate surface area is 136 Å². The maximum absolute atomic E-state index is 13.5. The largest absolute Gasteiger partial charge is 0.448 e. The lowest BCUT2D eigenvalue weighted by Gasteiger charge is -2.17. The second-order valence-electron chi connectivity index (χ2n) is 5.16. The smallest absolute Gasteiger partial charge is 0.274 e. The summed E-state index contributed by atoms with van der Waals surface area (Å²) in [5.74, 6) is -0.993. The van der Waals surface area contributed by atoms with Gasteiger partial charge in [-0.15, -0.1) is 0 Å². The van der Waals surface area contributed by atoms with Crippen LogP contribution in [0.5, 0.6) is 0 Å². The third-order valence-electron chi connectivity index (χ3n) is 3.69. The SMILES string of the molecule is Cc1ocnc1C(=O)N[C@@H]1CCN(c2ccc(Cl)c(F)c2)C1=O. The van der Waals surface area contributed by atoms with E-state index in [-0.39, 0.29) is 16.6 Å². The lowest BCUT2D eigenvalue weighted by molar-refractivity contribution is -0.118. The van der Waals surface area contributed by atoms with E-state index in [1.54, 1.807) is 13.0 Å². The number of aryl methyl sites for hydroxylation is 1. The zero-order valence-electron chi connectivity index (χ0n) is 12.2. The normalized spacial score (nSPS) is 17.6. The molecule has 1 aromatic heterocycles. The van der Waals surface area contributed by atoms with Gasteiger partial charge in [-0.1, -0.05) is 11.6 Å². The van der Waals surface area contributed by atoms with Crippen LogP contribution in [0.25, 0.3) is 0 Å². The molecule has 3 rings (SSSR count). The minimum atomic E-state index is -0.683. The molecule has 1 N–H and O–H groups in total. The van der Waals surface area contributed by atoms with Gasteiger partial charge in [0.05, 0.1) is 5.02 Å². The number of carbonyl (C=O) groups excluding carboxylic acids is 2. The summed E-state index contributed by atoms with van der Waals surface area (Å²) in [4.78, 5) is 29.7. The maximum Gasteiger partial charge on any atom is 0.274 e. The molecule has 2 heterocycles. The van der Waals surface area contributed by atoms with Crippen LogP contribution in [0.1, 0.15) is 22.7 Å². The summed E-state index contributed by atoms with van der Waals surface area (Å²) in [6.07, 6.45) is 1.59. The molecule has 1 saturated heterocycles. The van der Waals surface area contributed by atoms with Crippen molar-refractivity contribution in [3.63, 3.8) is 0 Å². The van der Waals surface area contributed by atoms with Crippen LogP contribution in [-0.2, 0) is 4.79 Å². The van der Waals surface area contributed by atoms with E-state index in [2.05, 4.69) is 10.3 Å². The highest BCUT2D eigenvalue weighted by Crippen LogP contribution is 2.26. The van der Waals surface area contributed by atoms with E-state index in [1.165, 1.54) is 23.4 Å². The average molecular weight is 338 g/mol. The standard InChI is InChI=1S/C15H13ClFN3O3/c1-8-13(18-7-23-8)14(21)19-12-4-5-20(15(12)22)9-2-3-10(16)11(17)6-9/h2-3,6-7,12H,4-5H2,1H3,(H,19,21)/t12-/m1/s1. The highest BCUT2D eigenvalue weighted by molar-refractivity contribution is 6.30. The quantitative estimate of drug-likeness (QED) is 0.932. The Bertz CT molecular complexity index is 777. The number of hydrogen-bond acceptors (Lipinski definition) is 4. The number of nitrogens with one attached hydrogen (secondary N) is 1. The lowest BCUT2D eigenvalue weighted by atomic mass is 10.2. The molecular weight excluding hydrogens is 325 g/mol. The molecule has 120 valence electrons. The van der Waals surface area contributed by atoms with Crippen molar-refractivity contribution >= 4 is 29.1 Å². The van der Waals surface area contributed by atoms with Gasteiger partial charge in [0.15, 0.2) is 12.1 Å². The highest BCUT2D eigenvalue weighted by Gasteiger charge is 2.34. The maximum atomic E-state index is 13.5. The number of benzene rings is 1. The molecule has 0 saturated carbocycles. The zero-order valence-corrected chi connectivity index (χ0v) is 12.9. The fraction of sp³-hybridized carbons (Fsp3) is 0.267. The van der Waals surface area contributed by atoms with Crippen LogP contribution < -0.4 is 10.2 Å². The number of nitrogens with zero attached hydrogens (tertiary/aromatic N) is 2. The first kappa shape index (κ1) is 15.5. The molecule has 1 aliphatic rings. The summed E-state index contributed by atoms with van der Waals surface area (Å²) in [6, 6.07) is 3.48. The van der Waals surface area contributed by atoms with Crippen LogP contribution in [0.2, 0.25) is 5.02 Å². The van der Waals surface area contributed by atoms with E-state index >= 15 is 0 Å². The van der Waals surface area contributed by atoms with Gasteiger partial charge in [0, 0.05) is 12.2 Å². The van der Waals surface area contributed by atoms with Crippen LogP contribution >= 0.6 is 11.6 Å². The second-order valence-corrected chi connectivity index (χ2v) is 5.57. The second kappa shape index (κ2) is 6.00. The average Bonchev–Trinajstić information content (AvgIpc) is 3.09. The van der Waals surface area contributed by atoms with E-state index in [0.717, 1.165) is 0 Å². The molecule has 0 radical (unpaired) electrons. The third-order valence-corrected chi connectivity index (χ3v) is 3.99. The zero-order chi connectivity index (χ0) is 16.6. The molecule has 1 atom stereocenters. The Morgan fingerprint density at radius 2 is 2.30 bits per heavy atom. The molecular formula is C15H13ClFN3O3. The van der Waals surface area contributed by atoms with E-state index in [0.29, 0.717) is 24.4 Å². The van der Waals surface area contributed by atoms with E-state index in [4.69, 9.17) is 16.0 Å². The molecule has 0 unspecified atom stereocenters. The molecule has 2 amide bonds. The number of aromatic nitrogens is 1. The van der Waals surface area contributed by atoms with Gasteiger partial charge in [-0.05, 0) is 31.5 Å². The lowest BCUT2D eigenvalue weighted by Crippen LogP contribution is -2.41. The number of rotatable bonds is 3. The van der Waals surface area contributed by atoms with Crippen molar-refractivity contribution < 1.29 is 18.4 Å². The highest BCUT2D eigenvalue weighted by atomic mass is 35.5. The Morgan fingerprint density at radius 1 is 1.52 bits per heavy atom. The monoisotopic (exact) mass is 337 g/mol. The Balaban J connectivity index is 1.73. The molecule has 8 heteroatoms. The third kappa shape index (κ3) is 2.92. The molecule has 2 aromatic rings. The fourth-order valence-electron chi connectivity index (χ4n) is 2.47. The van der Waals surface area contributed by atoms with Crippen LogP contribution in [0, 0.1) is 12.7 Å². The van der Waals surface area contributed by atoms with Crippen molar-refractivity contribution in [3.05, 3.63) is 46.9 Å². The van der Waals surface area contributed by atoms with Crippen molar-refractivity contribution in [2.75, 3.05) is 11.4 Å². The topological polar surface area (TPSA) is 75.4 Å². The summed E-state index contributed by atoms with van der Waals surface area (Å²) in [5, 5.41) is 2.62. The molecule has 1 fully saturated rings. The van der Waals surface area contributed by atoms with Gasteiger partial charge in [0.25, 0.3) is 5.91 Å². The van der Waals surface area contributed by atoms with Gasteiger partial charge < -0.3 is 14.6 Å². The number of oxazole rings is 1. The molecule has 23 heavy (non-hydrogen) atoms. The first-order chi connectivity index (χ1) is 11.0. The van der Waals surface area contributed by atoms with Crippen LogP contribution in [0.4, 0.5) is 10.1 Å². The van der Waals surface area contributed by atoms with Crippen molar-refractivity contribution in [3.8, 4) is 0 Å². The van der Waals surface area contributed by atoms with E-state index in [9.17, 15) is 14.0 Å². The van der Waals surface area contributed by atoms with Crippen molar-refractivity contribution in [2.45, 2.75) is 19.4 Å². The predicted octanol–water partition coefficient (Wildman–Crippen LogP) is 2.31. The first-order valence-corrected chi connectivity index (χ1v) is 7.32.